The summed E-state index contributed by atoms with van der Waals surface area (Å²) in [5, 5.41) is 2.95. The lowest BCUT2D eigenvalue weighted by molar-refractivity contribution is 1.39. The van der Waals surface area contributed by atoms with Crippen molar-refractivity contribution in [1.82, 2.24) is 4.98 Å². The van der Waals surface area contributed by atoms with E-state index in [1.54, 1.807) is 17.5 Å². The summed E-state index contributed by atoms with van der Waals surface area (Å²) in [5.74, 6) is 0.555. The molecule has 0 aliphatic heterocycles. The van der Waals surface area contributed by atoms with Crippen molar-refractivity contribution in [2.75, 3.05) is 5.88 Å². The van der Waals surface area contributed by atoms with Gasteiger partial charge in [-0.1, -0.05) is 6.08 Å². The number of alkyl halides is 1. The molecule has 1 aromatic heterocycles. The minimum Gasteiger partial charge on any atom is -0.245 e. The maximum atomic E-state index is 5.41. The molecule has 1 nitrogen and oxygen atoms in total. The predicted octanol–water partition coefficient (Wildman–Crippen LogP) is 2.40. The quantitative estimate of drug-likeness (QED) is 0.604. The molecule has 0 atom stereocenters. The molecule has 0 saturated carbocycles. The van der Waals surface area contributed by atoms with Gasteiger partial charge in [-0.05, 0) is 6.08 Å². The molecule has 0 spiro atoms. The fraction of sp³-hybridized carbons (Fsp3) is 0.167. The molecule has 9 heavy (non-hydrogen) atoms. The molecule has 0 aromatic carbocycles. The van der Waals surface area contributed by atoms with Gasteiger partial charge in [0.15, 0.2) is 0 Å². The molecule has 0 N–H and O–H groups in total. The zero-order valence-corrected chi connectivity index (χ0v) is 6.32. The average molecular weight is 160 g/mol. The number of rotatable bonds is 2. The number of hydrogen-bond acceptors (Lipinski definition) is 2. The third-order valence-electron chi connectivity index (χ3n) is 0.801. The highest BCUT2D eigenvalue weighted by molar-refractivity contribution is 7.10. The van der Waals surface area contributed by atoms with Crippen LogP contribution in [0.1, 0.15) is 5.01 Å². The Morgan fingerprint density at radius 2 is 2.67 bits per heavy atom. The highest BCUT2D eigenvalue weighted by Crippen LogP contribution is 2.05. The monoisotopic (exact) mass is 159 g/mol. The third-order valence-corrected chi connectivity index (χ3v) is 1.72. The maximum absolute atomic E-state index is 5.41. The molecule has 0 amide bonds. The second-order valence-corrected chi connectivity index (χ2v) is 2.66. The summed E-state index contributed by atoms with van der Waals surface area (Å²) >= 11 is 7.01. The number of halogens is 1. The molecule has 0 unspecified atom stereocenters. The van der Waals surface area contributed by atoms with Gasteiger partial charge in [-0.3, -0.25) is 0 Å². The minimum atomic E-state index is 0.555. The van der Waals surface area contributed by atoms with Gasteiger partial charge < -0.3 is 0 Å². The molecule has 0 saturated heterocycles. The van der Waals surface area contributed by atoms with Crippen LogP contribution in [0, 0.1) is 0 Å². The summed E-state index contributed by atoms with van der Waals surface area (Å²) in [6.45, 7) is 0. The van der Waals surface area contributed by atoms with E-state index in [1.807, 2.05) is 17.5 Å². The van der Waals surface area contributed by atoms with Crippen molar-refractivity contribution in [2.45, 2.75) is 0 Å². The van der Waals surface area contributed by atoms with Crippen LogP contribution in [0.2, 0.25) is 0 Å². The first-order valence-corrected chi connectivity index (χ1v) is 3.97. The van der Waals surface area contributed by atoms with Crippen molar-refractivity contribution in [1.29, 1.82) is 0 Å². The van der Waals surface area contributed by atoms with Gasteiger partial charge in [-0.15, -0.1) is 22.9 Å². The van der Waals surface area contributed by atoms with Crippen molar-refractivity contribution in [3.8, 4) is 0 Å². The van der Waals surface area contributed by atoms with Gasteiger partial charge >= 0.3 is 0 Å². The van der Waals surface area contributed by atoms with E-state index in [-0.39, 0.29) is 0 Å². The van der Waals surface area contributed by atoms with E-state index < -0.39 is 0 Å². The zero-order valence-electron chi connectivity index (χ0n) is 4.75. The van der Waals surface area contributed by atoms with E-state index in [9.17, 15) is 0 Å². The van der Waals surface area contributed by atoms with Gasteiger partial charge in [-0.25, -0.2) is 4.98 Å². The number of hydrogen-bond donors (Lipinski definition) is 0. The predicted molar refractivity (Wildman–Crippen MR) is 41.9 cm³/mol. The Kier molecular flexibility index (Phi) is 2.74. The molecule has 0 aliphatic rings. The first-order valence-electron chi connectivity index (χ1n) is 2.55. The van der Waals surface area contributed by atoms with E-state index in [0.717, 1.165) is 5.01 Å². The fourth-order valence-corrected chi connectivity index (χ4v) is 1.11. The van der Waals surface area contributed by atoms with Crippen LogP contribution in [0.15, 0.2) is 17.7 Å². The molecular weight excluding hydrogens is 154 g/mol. The van der Waals surface area contributed by atoms with Crippen molar-refractivity contribution in [2.24, 2.45) is 0 Å². The van der Waals surface area contributed by atoms with Crippen molar-refractivity contribution in [3.63, 3.8) is 0 Å². The Bertz CT molecular complexity index is 181. The van der Waals surface area contributed by atoms with Crippen LogP contribution in [0.25, 0.3) is 6.08 Å². The highest BCUT2D eigenvalue weighted by Gasteiger charge is 1.83. The van der Waals surface area contributed by atoms with Gasteiger partial charge in [0.2, 0.25) is 0 Å². The average Bonchev–Trinajstić information content (AvgIpc) is 2.34. The van der Waals surface area contributed by atoms with Crippen LogP contribution in [0.3, 0.4) is 0 Å². The van der Waals surface area contributed by atoms with Gasteiger partial charge in [-0.2, -0.15) is 0 Å². The molecule has 3 heteroatoms. The van der Waals surface area contributed by atoms with Crippen LogP contribution in [0.4, 0.5) is 0 Å². The van der Waals surface area contributed by atoms with Crippen LogP contribution in [-0.4, -0.2) is 10.9 Å². The summed E-state index contributed by atoms with van der Waals surface area (Å²) in [5.41, 5.74) is 0. The highest BCUT2D eigenvalue weighted by atomic mass is 35.5. The first-order chi connectivity index (χ1) is 4.43. The van der Waals surface area contributed by atoms with Crippen LogP contribution < -0.4 is 0 Å². The normalized spacial score (nSPS) is 10.8. The molecule has 0 aliphatic carbocycles. The lowest BCUT2D eigenvalue weighted by atomic mass is 10.5. The summed E-state index contributed by atoms with van der Waals surface area (Å²) in [4.78, 5) is 4.03. The molecule has 0 fully saturated rings. The van der Waals surface area contributed by atoms with Crippen molar-refractivity contribution in [3.05, 3.63) is 22.7 Å². The van der Waals surface area contributed by atoms with E-state index in [2.05, 4.69) is 4.98 Å². The number of nitrogens with zero attached hydrogens (tertiary/aromatic N) is 1. The molecular formula is C6H6ClNS. The van der Waals surface area contributed by atoms with Crippen molar-refractivity contribution >= 4 is 29.0 Å². The lowest BCUT2D eigenvalue weighted by Gasteiger charge is -1.76. The van der Waals surface area contributed by atoms with Crippen LogP contribution in [-0.2, 0) is 0 Å². The second-order valence-electron chi connectivity index (χ2n) is 1.43. The van der Waals surface area contributed by atoms with Gasteiger partial charge in [0.25, 0.3) is 0 Å². The molecule has 48 valence electrons. The summed E-state index contributed by atoms with van der Waals surface area (Å²) in [6.07, 6.45) is 5.57. The van der Waals surface area contributed by atoms with Crippen LogP contribution >= 0.6 is 22.9 Å². The molecule has 0 bridgehead atoms. The summed E-state index contributed by atoms with van der Waals surface area (Å²) in [7, 11) is 0. The Morgan fingerprint density at radius 1 is 1.78 bits per heavy atom. The van der Waals surface area contributed by atoms with Gasteiger partial charge in [0.1, 0.15) is 5.01 Å². The molecule has 0 radical (unpaired) electrons. The molecule has 1 rings (SSSR count). The SMILES string of the molecule is ClCC=Cc1nccs1. The van der Waals surface area contributed by atoms with Crippen LogP contribution in [0.5, 0.6) is 0 Å². The zero-order chi connectivity index (χ0) is 6.53. The minimum absolute atomic E-state index is 0.555. The largest absolute Gasteiger partial charge is 0.245 e. The summed E-state index contributed by atoms with van der Waals surface area (Å²) < 4.78 is 0. The maximum Gasteiger partial charge on any atom is 0.115 e. The lowest BCUT2D eigenvalue weighted by Crippen LogP contribution is -1.64. The smallest absolute Gasteiger partial charge is 0.115 e. The first kappa shape index (κ1) is 6.78. The van der Waals surface area contributed by atoms with Crippen molar-refractivity contribution < 1.29 is 0 Å². The number of thiazole rings is 1. The Balaban J connectivity index is 2.57. The topological polar surface area (TPSA) is 12.9 Å². The Hall–Kier alpha value is -0.340. The molecule has 1 aromatic rings. The van der Waals surface area contributed by atoms with Gasteiger partial charge in [0.05, 0.1) is 0 Å². The second kappa shape index (κ2) is 3.64. The van der Waals surface area contributed by atoms with E-state index in [4.69, 9.17) is 11.6 Å². The Morgan fingerprint density at radius 3 is 3.22 bits per heavy atom. The summed E-state index contributed by atoms with van der Waals surface area (Å²) in [6, 6.07) is 0. The molecule has 1 heterocycles. The van der Waals surface area contributed by atoms with Gasteiger partial charge in [0, 0.05) is 17.5 Å². The Labute approximate surface area is 63.0 Å². The fourth-order valence-electron chi connectivity index (χ4n) is 0.462. The number of aromatic nitrogens is 1. The number of allylic oxidation sites excluding steroid dienone is 1. The third kappa shape index (κ3) is 2.16. The van der Waals surface area contributed by atoms with E-state index >= 15 is 0 Å². The van der Waals surface area contributed by atoms with E-state index in [1.165, 1.54) is 0 Å². The standard InChI is InChI=1S/C6H6ClNS/c7-3-1-2-6-8-4-5-9-6/h1-2,4-5H,3H2. The van der Waals surface area contributed by atoms with E-state index in [0.29, 0.717) is 5.88 Å².